The molecule has 0 saturated heterocycles. The van der Waals surface area contributed by atoms with E-state index in [9.17, 15) is 14.3 Å². The molecule has 1 unspecified atom stereocenters. The number of hydrogen-bond donors (Lipinski definition) is 2. The molecule has 4 heteroatoms. The van der Waals surface area contributed by atoms with E-state index in [1.54, 1.807) is 50.2 Å². The van der Waals surface area contributed by atoms with Crippen LogP contribution >= 0.6 is 0 Å². The lowest BCUT2D eigenvalue weighted by Crippen LogP contribution is -2.16. The van der Waals surface area contributed by atoms with Gasteiger partial charge in [-0.1, -0.05) is 30.3 Å². The molecule has 0 spiro atoms. The minimum Gasteiger partial charge on any atom is -0.389 e. The molecular weight excluding hydrogens is 257 g/mol. The van der Waals surface area contributed by atoms with Crippen LogP contribution in [0.1, 0.15) is 34.5 Å². The Labute approximate surface area is 117 Å². The number of halogens is 1. The van der Waals surface area contributed by atoms with Gasteiger partial charge in [0.05, 0.1) is 11.7 Å². The first kappa shape index (κ1) is 14.2. The second kappa shape index (κ2) is 5.84. The van der Waals surface area contributed by atoms with Gasteiger partial charge < -0.3 is 10.4 Å². The number of aliphatic hydroxyl groups is 1. The Morgan fingerprint density at radius 3 is 2.60 bits per heavy atom. The minimum absolute atomic E-state index is 0.00889. The lowest BCUT2D eigenvalue weighted by atomic mass is 10.1. The summed E-state index contributed by atoms with van der Waals surface area (Å²) >= 11 is 0. The summed E-state index contributed by atoms with van der Waals surface area (Å²) in [6.45, 7) is 3.22. The summed E-state index contributed by atoms with van der Waals surface area (Å²) in [7, 11) is 0. The molecule has 2 rings (SSSR count). The predicted octanol–water partition coefficient (Wildman–Crippen LogP) is 3.44. The summed E-state index contributed by atoms with van der Waals surface area (Å²) in [5.74, 6) is -1.06. The summed E-state index contributed by atoms with van der Waals surface area (Å²) in [6.07, 6.45) is -0.714. The van der Waals surface area contributed by atoms with Crippen LogP contribution in [0.25, 0.3) is 0 Å². The van der Waals surface area contributed by atoms with Gasteiger partial charge in [-0.05, 0) is 31.5 Å². The van der Waals surface area contributed by atoms with Gasteiger partial charge in [0.25, 0.3) is 5.91 Å². The number of hydrogen-bond acceptors (Lipinski definition) is 2. The number of carbonyl (C=O) groups excluding carboxylic acids is 1. The first-order valence-electron chi connectivity index (χ1n) is 6.34. The van der Waals surface area contributed by atoms with Crippen molar-refractivity contribution in [1.29, 1.82) is 0 Å². The molecule has 2 aromatic rings. The fourth-order valence-corrected chi connectivity index (χ4v) is 1.99. The fraction of sp³-hybridized carbons (Fsp3) is 0.188. The number of para-hydroxylation sites is 1. The van der Waals surface area contributed by atoms with E-state index < -0.39 is 17.8 Å². The zero-order valence-electron chi connectivity index (χ0n) is 11.4. The number of benzene rings is 2. The van der Waals surface area contributed by atoms with Gasteiger partial charge >= 0.3 is 0 Å². The Kier molecular flexibility index (Phi) is 4.15. The molecule has 104 valence electrons. The maximum atomic E-state index is 13.9. The van der Waals surface area contributed by atoms with Gasteiger partial charge in [0, 0.05) is 11.3 Å². The topological polar surface area (TPSA) is 49.3 Å². The van der Waals surface area contributed by atoms with E-state index in [-0.39, 0.29) is 5.56 Å². The monoisotopic (exact) mass is 273 g/mol. The normalized spacial score (nSPS) is 12.0. The van der Waals surface area contributed by atoms with Crippen molar-refractivity contribution in [3.8, 4) is 0 Å². The van der Waals surface area contributed by atoms with Crippen molar-refractivity contribution < 1.29 is 14.3 Å². The summed E-state index contributed by atoms with van der Waals surface area (Å²) in [4.78, 5) is 12.1. The third-order valence-corrected chi connectivity index (χ3v) is 3.10. The number of aryl methyl sites for hydroxylation is 1. The van der Waals surface area contributed by atoms with Crippen LogP contribution in [0.2, 0.25) is 0 Å². The molecule has 0 saturated carbocycles. The van der Waals surface area contributed by atoms with Crippen LogP contribution in [0.3, 0.4) is 0 Å². The first-order chi connectivity index (χ1) is 9.50. The number of carbonyl (C=O) groups is 1. The molecule has 0 aliphatic heterocycles. The quantitative estimate of drug-likeness (QED) is 0.900. The predicted molar refractivity (Wildman–Crippen MR) is 76.2 cm³/mol. The summed E-state index contributed by atoms with van der Waals surface area (Å²) in [5.41, 5.74) is 1.48. The van der Waals surface area contributed by atoms with Gasteiger partial charge in [-0.15, -0.1) is 0 Å². The van der Waals surface area contributed by atoms with Crippen LogP contribution in [0.15, 0.2) is 42.5 Å². The van der Waals surface area contributed by atoms with Crippen LogP contribution in [0, 0.1) is 12.7 Å². The van der Waals surface area contributed by atoms with Crippen LogP contribution in [-0.4, -0.2) is 11.0 Å². The molecule has 20 heavy (non-hydrogen) atoms. The van der Waals surface area contributed by atoms with E-state index in [0.29, 0.717) is 16.8 Å². The molecule has 0 aliphatic rings. The van der Waals surface area contributed by atoms with Crippen LogP contribution in [-0.2, 0) is 0 Å². The third kappa shape index (κ3) is 2.86. The molecule has 0 aliphatic carbocycles. The smallest absolute Gasteiger partial charge is 0.258 e. The highest BCUT2D eigenvalue weighted by Crippen LogP contribution is 2.23. The van der Waals surface area contributed by atoms with Crippen LogP contribution < -0.4 is 5.32 Å². The Balaban J connectivity index is 2.31. The second-order valence-electron chi connectivity index (χ2n) is 4.65. The van der Waals surface area contributed by atoms with E-state index in [1.807, 2.05) is 0 Å². The molecule has 1 amide bonds. The van der Waals surface area contributed by atoms with Gasteiger partial charge in [0.2, 0.25) is 0 Å². The lowest BCUT2D eigenvalue weighted by Gasteiger charge is -2.13. The maximum Gasteiger partial charge on any atom is 0.258 e. The van der Waals surface area contributed by atoms with E-state index >= 15 is 0 Å². The van der Waals surface area contributed by atoms with Gasteiger partial charge in [-0.25, -0.2) is 4.39 Å². The molecule has 0 aromatic heterocycles. The van der Waals surface area contributed by atoms with Gasteiger partial charge in [-0.2, -0.15) is 0 Å². The molecule has 0 bridgehead atoms. The van der Waals surface area contributed by atoms with Crippen molar-refractivity contribution in [3.05, 3.63) is 65.0 Å². The van der Waals surface area contributed by atoms with Crippen molar-refractivity contribution in [2.24, 2.45) is 0 Å². The molecule has 0 radical (unpaired) electrons. The van der Waals surface area contributed by atoms with Crippen LogP contribution in [0.4, 0.5) is 10.1 Å². The molecule has 2 N–H and O–H groups in total. The summed E-state index contributed by atoms with van der Waals surface area (Å²) in [5, 5.41) is 12.3. The second-order valence-corrected chi connectivity index (χ2v) is 4.65. The zero-order valence-corrected chi connectivity index (χ0v) is 11.4. The van der Waals surface area contributed by atoms with Crippen molar-refractivity contribution >= 4 is 11.6 Å². The van der Waals surface area contributed by atoms with Crippen molar-refractivity contribution in [3.63, 3.8) is 0 Å². The number of anilines is 1. The van der Waals surface area contributed by atoms with E-state index in [1.165, 1.54) is 6.07 Å². The highest BCUT2D eigenvalue weighted by Gasteiger charge is 2.15. The Bertz CT molecular complexity index is 638. The third-order valence-electron chi connectivity index (χ3n) is 3.10. The SMILES string of the molecule is Cc1cccc(C(=O)Nc2ccccc2C(C)O)c1F. The minimum atomic E-state index is -0.714. The number of amides is 1. The Morgan fingerprint density at radius 1 is 1.20 bits per heavy atom. The molecule has 3 nitrogen and oxygen atoms in total. The Hall–Kier alpha value is -2.20. The highest BCUT2D eigenvalue weighted by atomic mass is 19.1. The number of aliphatic hydroxyl groups excluding tert-OH is 1. The molecule has 0 heterocycles. The molecule has 1 atom stereocenters. The summed E-state index contributed by atoms with van der Waals surface area (Å²) < 4.78 is 13.9. The number of nitrogens with one attached hydrogen (secondary N) is 1. The van der Waals surface area contributed by atoms with Crippen molar-refractivity contribution in [2.75, 3.05) is 5.32 Å². The van der Waals surface area contributed by atoms with E-state index in [2.05, 4.69) is 5.32 Å². The van der Waals surface area contributed by atoms with Crippen molar-refractivity contribution in [2.45, 2.75) is 20.0 Å². The Morgan fingerprint density at radius 2 is 1.90 bits per heavy atom. The first-order valence-corrected chi connectivity index (χ1v) is 6.34. The average molecular weight is 273 g/mol. The zero-order chi connectivity index (χ0) is 14.7. The largest absolute Gasteiger partial charge is 0.389 e. The fourth-order valence-electron chi connectivity index (χ4n) is 1.99. The van der Waals surface area contributed by atoms with Gasteiger partial charge in [-0.3, -0.25) is 4.79 Å². The standard InChI is InChI=1S/C16H16FNO2/c1-10-6-5-8-13(15(10)17)16(20)18-14-9-4-3-7-12(14)11(2)19/h3-9,11,19H,1-2H3,(H,18,20). The number of rotatable bonds is 3. The van der Waals surface area contributed by atoms with Crippen LogP contribution in [0.5, 0.6) is 0 Å². The van der Waals surface area contributed by atoms with E-state index in [4.69, 9.17) is 0 Å². The lowest BCUT2D eigenvalue weighted by molar-refractivity contribution is 0.102. The highest BCUT2D eigenvalue weighted by molar-refractivity contribution is 6.05. The molecule has 2 aromatic carbocycles. The molecule has 0 fully saturated rings. The van der Waals surface area contributed by atoms with E-state index in [0.717, 1.165) is 0 Å². The molecular formula is C16H16FNO2. The summed E-state index contributed by atoms with van der Waals surface area (Å²) in [6, 6.07) is 11.6. The van der Waals surface area contributed by atoms with Crippen molar-refractivity contribution in [1.82, 2.24) is 0 Å². The van der Waals surface area contributed by atoms with Gasteiger partial charge in [0.15, 0.2) is 0 Å². The maximum absolute atomic E-state index is 13.9. The van der Waals surface area contributed by atoms with Gasteiger partial charge in [0.1, 0.15) is 5.82 Å². The average Bonchev–Trinajstić information content (AvgIpc) is 2.42.